The Balaban J connectivity index is 2.12. The van der Waals surface area contributed by atoms with E-state index in [1.165, 1.54) is 18.6 Å². The second-order valence-electron chi connectivity index (χ2n) is 4.61. The first kappa shape index (κ1) is 13.0. The second kappa shape index (κ2) is 5.46. The van der Waals surface area contributed by atoms with Gasteiger partial charge in [-0.25, -0.2) is 4.39 Å². The summed E-state index contributed by atoms with van der Waals surface area (Å²) in [6.45, 7) is 4.33. The molecule has 0 amide bonds. The first-order valence-corrected chi connectivity index (χ1v) is 6.77. The molecule has 1 aliphatic rings. The van der Waals surface area contributed by atoms with Gasteiger partial charge in [0.15, 0.2) is 0 Å². The van der Waals surface area contributed by atoms with E-state index in [2.05, 4.69) is 33.1 Å². The van der Waals surface area contributed by atoms with Crippen LogP contribution in [0.3, 0.4) is 0 Å². The van der Waals surface area contributed by atoms with E-state index >= 15 is 0 Å². The summed E-state index contributed by atoms with van der Waals surface area (Å²) in [5.41, 5.74) is 1.16. The molecule has 1 aromatic carbocycles. The van der Waals surface area contributed by atoms with Crippen molar-refractivity contribution in [2.24, 2.45) is 0 Å². The van der Waals surface area contributed by atoms with Gasteiger partial charge in [0.1, 0.15) is 5.82 Å². The number of hydrogen-bond acceptors (Lipinski definition) is 2. The van der Waals surface area contributed by atoms with Crippen LogP contribution in [0.15, 0.2) is 22.7 Å². The summed E-state index contributed by atoms with van der Waals surface area (Å²) in [5.74, 6) is -0.192. The highest BCUT2D eigenvalue weighted by atomic mass is 79.9. The summed E-state index contributed by atoms with van der Waals surface area (Å²) in [5, 5.41) is 3.31. The lowest BCUT2D eigenvalue weighted by molar-refractivity contribution is 0.256. The number of hydrogen-bond donors (Lipinski definition) is 1. The van der Waals surface area contributed by atoms with Crippen LogP contribution in [0, 0.1) is 5.82 Å². The van der Waals surface area contributed by atoms with E-state index in [-0.39, 0.29) is 5.82 Å². The van der Waals surface area contributed by atoms with Gasteiger partial charge >= 0.3 is 0 Å². The van der Waals surface area contributed by atoms with Crippen LogP contribution in [0.4, 0.5) is 4.39 Å². The molecule has 17 heavy (non-hydrogen) atoms. The zero-order chi connectivity index (χ0) is 12.4. The molecule has 4 heteroatoms. The Kier molecular flexibility index (Phi) is 4.17. The molecule has 1 fully saturated rings. The molecular weight excluding hydrogens is 283 g/mol. The molecule has 0 spiro atoms. The van der Waals surface area contributed by atoms with E-state index in [0.717, 1.165) is 23.1 Å². The maximum absolute atomic E-state index is 13.1. The predicted octanol–water partition coefficient (Wildman–Crippen LogP) is 2.94. The average molecular weight is 301 g/mol. The van der Waals surface area contributed by atoms with Crippen molar-refractivity contribution < 1.29 is 4.39 Å². The van der Waals surface area contributed by atoms with Crippen LogP contribution in [-0.4, -0.2) is 31.1 Å². The molecular formula is C13H18BrFN2. The maximum atomic E-state index is 13.1. The standard InChI is InChI=1S/C13H18BrFN2/c1-9(17-6-5-11(8-17)16-2)12-4-3-10(15)7-13(12)14/h3-4,7,9,11,16H,5-6,8H2,1-2H3. The molecule has 94 valence electrons. The lowest BCUT2D eigenvalue weighted by Crippen LogP contribution is -2.31. The van der Waals surface area contributed by atoms with Crippen LogP contribution in [-0.2, 0) is 0 Å². The lowest BCUT2D eigenvalue weighted by atomic mass is 10.1. The summed E-state index contributed by atoms with van der Waals surface area (Å²) >= 11 is 3.44. The van der Waals surface area contributed by atoms with Gasteiger partial charge in [-0.2, -0.15) is 0 Å². The Morgan fingerprint density at radius 2 is 2.29 bits per heavy atom. The summed E-state index contributed by atoms with van der Waals surface area (Å²) in [6, 6.07) is 5.84. The first-order chi connectivity index (χ1) is 8.11. The third-order valence-corrected chi connectivity index (χ3v) is 4.27. The fraction of sp³-hybridized carbons (Fsp3) is 0.538. The summed E-state index contributed by atoms with van der Waals surface area (Å²) in [7, 11) is 2.01. The fourth-order valence-corrected chi connectivity index (χ4v) is 3.09. The SMILES string of the molecule is CNC1CCN(C(C)c2ccc(F)cc2Br)C1. The van der Waals surface area contributed by atoms with Crippen LogP contribution in [0.5, 0.6) is 0 Å². The van der Waals surface area contributed by atoms with Crippen LogP contribution in [0.2, 0.25) is 0 Å². The Bertz CT molecular complexity index is 397. The number of halogens is 2. The van der Waals surface area contributed by atoms with Crippen molar-refractivity contribution in [3.8, 4) is 0 Å². The second-order valence-corrected chi connectivity index (χ2v) is 5.47. The minimum atomic E-state index is -0.192. The highest BCUT2D eigenvalue weighted by molar-refractivity contribution is 9.10. The van der Waals surface area contributed by atoms with Gasteiger partial charge in [0.25, 0.3) is 0 Å². The third-order valence-electron chi connectivity index (χ3n) is 3.59. The topological polar surface area (TPSA) is 15.3 Å². The highest BCUT2D eigenvalue weighted by Crippen LogP contribution is 2.30. The normalized spacial score (nSPS) is 22.9. The minimum Gasteiger partial charge on any atom is -0.316 e. The molecule has 0 aliphatic carbocycles. The summed E-state index contributed by atoms with van der Waals surface area (Å²) in [4.78, 5) is 2.43. The van der Waals surface area contributed by atoms with Gasteiger partial charge in [0.2, 0.25) is 0 Å². The fourth-order valence-electron chi connectivity index (χ4n) is 2.41. The Morgan fingerprint density at radius 3 is 2.88 bits per heavy atom. The minimum absolute atomic E-state index is 0.192. The molecule has 1 saturated heterocycles. The number of rotatable bonds is 3. The van der Waals surface area contributed by atoms with Gasteiger partial charge in [-0.05, 0) is 38.1 Å². The summed E-state index contributed by atoms with van der Waals surface area (Å²) < 4.78 is 13.9. The van der Waals surface area contributed by atoms with Gasteiger partial charge in [-0.3, -0.25) is 4.90 Å². The molecule has 2 rings (SSSR count). The maximum Gasteiger partial charge on any atom is 0.124 e. The van der Waals surface area contributed by atoms with Gasteiger partial charge in [0, 0.05) is 29.6 Å². The molecule has 0 bridgehead atoms. The van der Waals surface area contributed by atoms with E-state index in [4.69, 9.17) is 0 Å². The zero-order valence-electron chi connectivity index (χ0n) is 10.2. The van der Waals surface area contributed by atoms with Crippen LogP contribution >= 0.6 is 15.9 Å². The van der Waals surface area contributed by atoms with E-state index in [1.54, 1.807) is 0 Å². The van der Waals surface area contributed by atoms with Gasteiger partial charge < -0.3 is 5.32 Å². The summed E-state index contributed by atoms with van der Waals surface area (Å²) in [6.07, 6.45) is 1.18. The van der Waals surface area contributed by atoms with Crippen molar-refractivity contribution >= 4 is 15.9 Å². The first-order valence-electron chi connectivity index (χ1n) is 5.98. The lowest BCUT2D eigenvalue weighted by Gasteiger charge is -2.25. The number of nitrogens with zero attached hydrogens (tertiary/aromatic N) is 1. The van der Waals surface area contributed by atoms with Crippen LogP contribution in [0.25, 0.3) is 0 Å². The zero-order valence-corrected chi connectivity index (χ0v) is 11.8. The Labute approximate surface area is 110 Å². The number of likely N-dealkylation sites (N-methyl/N-ethyl adjacent to an activating group) is 1. The number of likely N-dealkylation sites (tertiary alicyclic amines) is 1. The molecule has 1 heterocycles. The van der Waals surface area contributed by atoms with Crippen molar-refractivity contribution in [3.63, 3.8) is 0 Å². The molecule has 2 atom stereocenters. The number of nitrogens with one attached hydrogen (secondary N) is 1. The largest absolute Gasteiger partial charge is 0.316 e. The van der Waals surface area contributed by atoms with Crippen LogP contribution < -0.4 is 5.32 Å². The van der Waals surface area contributed by atoms with E-state index in [0.29, 0.717) is 12.1 Å². The van der Waals surface area contributed by atoms with E-state index in [9.17, 15) is 4.39 Å². The van der Waals surface area contributed by atoms with Crippen LogP contribution in [0.1, 0.15) is 24.9 Å². The van der Waals surface area contributed by atoms with Gasteiger partial charge in [-0.15, -0.1) is 0 Å². The molecule has 1 N–H and O–H groups in total. The number of benzene rings is 1. The molecule has 2 nitrogen and oxygen atoms in total. The smallest absolute Gasteiger partial charge is 0.124 e. The van der Waals surface area contributed by atoms with Gasteiger partial charge in [0.05, 0.1) is 0 Å². The predicted molar refractivity (Wildman–Crippen MR) is 71.6 cm³/mol. The molecule has 0 aromatic heterocycles. The van der Waals surface area contributed by atoms with Crippen molar-refractivity contribution in [2.75, 3.05) is 20.1 Å². The molecule has 0 saturated carbocycles. The quantitative estimate of drug-likeness (QED) is 0.923. The Morgan fingerprint density at radius 1 is 1.53 bits per heavy atom. The molecule has 2 unspecified atom stereocenters. The highest BCUT2D eigenvalue weighted by Gasteiger charge is 2.26. The third kappa shape index (κ3) is 2.87. The van der Waals surface area contributed by atoms with Crippen molar-refractivity contribution in [2.45, 2.75) is 25.4 Å². The van der Waals surface area contributed by atoms with Crippen molar-refractivity contribution in [1.29, 1.82) is 0 Å². The van der Waals surface area contributed by atoms with E-state index in [1.807, 2.05) is 13.1 Å². The molecule has 1 aromatic rings. The van der Waals surface area contributed by atoms with Gasteiger partial charge in [-0.1, -0.05) is 22.0 Å². The molecule has 0 radical (unpaired) electrons. The molecule has 1 aliphatic heterocycles. The van der Waals surface area contributed by atoms with E-state index < -0.39 is 0 Å². The monoisotopic (exact) mass is 300 g/mol. The van der Waals surface area contributed by atoms with Crippen molar-refractivity contribution in [3.05, 3.63) is 34.1 Å². The van der Waals surface area contributed by atoms with Crippen molar-refractivity contribution in [1.82, 2.24) is 10.2 Å². The Hall–Kier alpha value is -0.450. The average Bonchev–Trinajstić information content (AvgIpc) is 2.76.